The first kappa shape index (κ1) is 14.6. The van der Waals surface area contributed by atoms with Gasteiger partial charge in [0.2, 0.25) is 0 Å². The molecule has 4 nitrogen and oxygen atoms in total. The highest BCUT2D eigenvalue weighted by Gasteiger charge is 2.21. The summed E-state index contributed by atoms with van der Waals surface area (Å²) in [7, 11) is 0. The maximum absolute atomic E-state index is 9.96. The molecule has 1 atom stereocenters. The Morgan fingerprint density at radius 3 is 2.59 bits per heavy atom. The molecule has 3 aromatic rings. The second kappa shape index (κ2) is 6.20. The number of nitrogens with zero attached hydrogens (tertiary/aromatic N) is 1. The number of rotatable bonds is 5. The smallest absolute Gasteiger partial charge is 0.284 e. The summed E-state index contributed by atoms with van der Waals surface area (Å²) in [5.74, 6) is 1.67. The predicted molar refractivity (Wildman–Crippen MR) is 85.8 cm³/mol. The SMILES string of the molecule is Cc1ccc(OCC[n+]2c(C(C)O)[nH]c3ccccc32)cc1. The molecule has 1 heterocycles. The molecule has 0 spiro atoms. The Hall–Kier alpha value is -2.33. The van der Waals surface area contributed by atoms with Crippen LogP contribution in [0.4, 0.5) is 0 Å². The summed E-state index contributed by atoms with van der Waals surface area (Å²) in [5.41, 5.74) is 3.31. The average molecular weight is 297 g/mol. The van der Waals surface area contributed by atoms with Gasteiger partial charge in [-0.25, -0.2) is 9.55 Å². The Kier molecular flexibility index (Phi) is 4.11. The van der Waals surface area contributed by atoms with Gasteiger partial charge in [-0.3, -0.25) is 0 Å². The molecule has 114 valence electrons. The number of imidazole rings is 1. The molecule has 2 N–H and O–H groups in total. The van der Waals surface area contributed by atoms with Crippen LogP contribution in [0.2, 0.25) is 0 Å². The van der Waals surface area contributed by atoms with E-state index in [1.807, 2.05) is 48.5 Å². The summed E-state index contributed by atoms with van der Waals surface area (Å²) in [6.07, 6.45) is -0.549. The summed E-state index contributed by atoms with van der Waals surface area (Å²) in [4.78, 5) is 3.28. The number of aliphatic hydroxyl groups excluding tert-OH is 1. The van der Waals surface area contributed by atoms with Crippen LogP contribution in [0.1, 0.15) is 24.4 Å². The van der Waals surface area contributed by atoms with E-state index >= 15 is 0 Å². The quantitative estimate of drug-likeness (QED) is 0.711. The van der Waals surface area contributed by atoms with Crippen molar-refractivity contribution in [2.75, 3.05) is 6.61 Å². The summed E-state index contributed by atoms with van der Waals surface area (Å²) >= 11 is 0. The Labute approximate surface area is 130 Å². The maximum Gasteiger partial charge on any atom is 0.284 e. The Morgan fingerprint density at radius 1 is 1.14 bits per heavy atom. The number of hydrogen-bond acceptors (Lipinski definition) is 2. The molecule has 22 heavy (non-hydrogen) atoms. The van der Waals surface area contributed by atoms with E-state index < -0.39 is 6.10 Å². The van der Waals surface area contributed by atoms with Crippen LogP contribution >= 0.6 is 0 Å². The number of ether oxygens (including phenoxy) is 1. The topological polar surface area (TPSA) is 49.1 Å². The first-order valence-electron chi connectivity index (χ1n) is 7.53. The Bertz CT molecular complexity index is 760. The molecule has 0 fully saturated rings. The molecule has 0 amide bonds. The van der Waals surface area contributed by atoms with Gasteiger partial charge in [0, 0.05) is 0 Å². The lowest BCUT2D eigenvalue weighted by molar-refractivity contribution is -0.683. The molecule has 0 saturated heterocycles. The van der Waals surface area contributed by atoms with E-state index in [2.05, 4.69) is 16.5 Å². The van der Waals surface area contributed by atoms with Gasteiger partial charge >= 0.3 is 0 Å². The van der Waals surface area contributed by atoms with E-state index in [0.717, 1.165) is 22.6 Å². The van der Waals surface area contributed by atoms with E-state index in [-0.39, 0.29) is 0 Å². The van der Waals surface area contributed by atoms with E-state index in [1.54, 1.807) is 6.92 Å². The average Bonchev–Trinajstić information content (AvgIpc) is 2.89. The second-order valence-corrected chi connectivity index (χ2v) is 5.52. The van der Waals surface area contributed by atoms with Gasteiger partial charge in [-0.05, 0) is 38.1 Å². The van der Waals surface area contributed by atoms with Gasteiger partial charge in [0.1, 0.15) is 18.9 Å². The van der Waals surface area contributed by atoms with Crippen molar-refractivity contribution in [3.63, 3.8) is 0 Å². The minimum atomic E-state index is -0.549. The molecule has 4 heteroatoms. The molecule has 1 aromatic heterocycles. The lowest BCUT2D eigenvalue weighted by Crippen LogP contribution is -2.40. The number of hydrogen-bond donors (Lipinski definition) is 2. The normalized spacial score (nSPS) is 12.5. The lowest BCUT2D eigenvalue weighted by atomic mass is 10.2. The molecular weight excluding hydrogens is 276 g/mol. The molecule has 0 saturated carbocycles. The van der Waals surface area contributed by atoms with Crippen molar-refractivity contribution in [1.29, 1.82) is 0 Å². The van der Waals surface area contributed by atoms with Gasteiger partial charge in [-0.15, -0.1) is 0 Å². The standard InChI is InChI=1S/C18H20N2O2/c1-13-7-9-15(10-8-13)22-12-11-20-17-6-4-3-5-16(17)19-18(20)14(2)21/h3-10,14,21H,11-12H2,1-2H3/p+1. The van der Waals surface area contributed by atoms with Gasteiger partial charge in [0.15, 0.2) is 17.1 Å². The van der Waals surface area contributed by atoms with Crippen LogP contribution in [0.25, 0.3) is 11.0 Å². The maximum atomic E-state index is 9.96. The first-order chi connectivity index (χ1) is 10.6. The minimum Gasteiger partial charge on any atom is -0.489 e. The number of para-hydroxylation sites is 2. The highest BCUT2D eigenvalue weighted by Crippen LogP contribution is 2.14. The zero-order valence-corrected chi connectivity index (χ0v) is 12.9. The van der Waals surface area contributed by atoms with E-state index in [1.165, 1.54) is 5.56 Å². The summed E-state index contributed by atoms with van der Waals surface area (Å²) < 4.78 is 7.88. The monoisotopic (exact) mass is 297 g/mol. The summed E-state index contributed by atoms with van der Waals surface area (Å²) in [5, 5.41) is 9.96. The molecular formula is C18H21N2O2+. The largest absolute Gasteiger partial charge is 0.489 e. The van der Waals surface area contributed by atoms with Crippen molar-refractivity contribution < 1.29 is 14.4 Å². The summed E-state index contributed by atoms with van der Waals surface area (Å²) in [6.45, 7) is 5.05. The van der Waals surface area contributed by atoms with Crippen molar-refractivity contribution in [3.05, 3.63) is 59.9 Å². The van der Waals surface area contributed by atoms with Crippen molar-refractivity contribution in [1.82, 2.24) is 4.98 Å². The number of aromatic amines is 1. The van der Waals surface area contributed by atoms with Crippen LogP contribution < -0.4 is 9.30 Å². The molecule has 1 unspecified atom stereocenters. The molecule has 3 rings (SSSR count). The van der Waals surface area contributed by atoms with Crippen molar-refractivity contribution in [3.8, 4) is 5.75 Å². The van der Waals surface area contributed by atoms with E-state index in [0.29, 0.717) is 13.2 Å². The first-order valence-corrected chi connectivity index (χ1v) is 7.53. The predicted octanol–water partition coefficient (Wildman–Crippen LogP) is 2.90. The minimum absolute atomic E-state index is 0.549. The Morgan fingerprint density at radius 2 is 1.86 bits per heavy atom. The number of aliphatic hydroxyl groups is 1. The van der Waals surface area contributed by atoms with Crippen LogP contribution in [0, 0.1) is 6.92 Å². The third-order valence-electron chi connectivity index (χ3n) is 3.75. The lowest BCUT2D eigenvalue weighted by Gasteiger charge is -2.07. The number of benzene rings is 2. The van der Waals surface area contributed by atoms with Crippen LogP contribution in [-0.2, 0) is 6.54 Å². The zero-order chi connectivity index (χ0) is 15.5. The third kappa shape index (κ3) is 2.97. The molecule has 0 radical (unpaired) electrons. The number of H-pyrrole nitrogens is 1. The number of aromatic nitrogens is 2. The molecule has 0 bridgehead atoms. The number of aryl methyl sites for hydroxylation is 1. The van der Waals surface area contributed by atoms with Crippen molar-refractivity contribution in [2.24, 2.45) is 0 Å². The van der Waals surface area contributed by atoms with Crippen molar-refractivity contribution >= 4 is 11.0 Å². The highest BCUT2D eigenvalue weighted by molar-refractivity contribution is 5.71. The highest BCUT2D eigenvalue weighted by atomic mass is 16.5. The molecule has 0 aliphatic heterocycles. The second-order valence-electron chi connectivity index (χ2n) is 5.52. The fourth-order valence-electron chi connectivity index (χ4n) is 2.61. The van der Waals surface area contributed by atoms with Crippen LogP contribution in [0.5, 0.6) is 5.75 Å². The third-order valence-corrected chi connectivity index (χ3v) is 3.75. The fraction of sp³-hybridized carbons (Fsp3) is 0.278. The van der Waals surface area contributed by atoms with Gasteiger partial charge < -0.3 is 9.84 Å². The molecule has 2 aromatic carbocycles. The van der Waals surface area contributed by atoms with Crippen LogP contribution in [-0.4, -0.2) is 16.7 Å². The van der Waals surface area contributed by atoms with Crippen LogP contribution in [0.15, 0.2) is 48.5 Å². The van der Waals surface area contributed by atoms with Gasteiger partial charge in [-0.1, -0.05) is 29.8 Å². The number of fused-ring (bicyclic) bond motifs is 1. The van der Waals surface area contributed by atoms with E-state index in [4.69, 9.17) is 4.74 Å². The Balaban J connectivity index is 1.78. The van der Waals surface area contributed by atoms with E-state index in [9.17, 15) is 5.11 Å². The van der Waals surface area contributed by atoms with Gasteiger partial charge in [0.25, 0.3) is 5.82 Å². The molecule has 0 aliphatic carbocycles. The van der Waals surface area contributed by atoms with Gasteiger partial charge in [0.05, 0.1) is 0 Å². The zero-order valence-electron chi connectivity index (χ0n) is 12.9. The number of nitrogens with one attached hydrogen (secondary N) is 1. The van der Waals surface area contributed by atoms with Crippen LogP contribution in [0.3, 0.4) is 0 Å². The fourth-order valence-corrected chi connectivity index (χ4v) is 2.61. The van der Waals surface area contributed by atoms with Gasteiger partial charge in [-0.2, -0.15) is 0 Å². The molecule has 0 aliphatic rings. The summed E-state index contributed by atoms with van der Waals surface area (Å²) in [6, 6.07) is 16.1. The van der Waals surface area contributed by atoms with Crippen molar-refractivity contribution in [2.45, 2.75) is 26.5 Å².